The topological polar surface area (TPSA) is 76.5 Å². The fraction of sp³-hybridized carbons (Fsp3) is 0.130. The number of aromatic hydroxyl groups is 1. The summed E-state index contributed by atoms with van der Waals surface area (Å²) in [4.78, 5) is 8.92. The molecule has 0 saturated heterocycles. The van der Waals surface area contributed by atoms with Crippen LogP contribution in [0.5, 0.6) is 17.2 Å². The van der Waals surface area contributed by atoms with Gasteiger partial charge in [0.05, 0.1) is 6.04 Å². The number of aromatic nitrogens is 2. The molecule has 0 radical (unpaired) electrons. The van der Waals surface area contributed by atoms with Crippen molar-refractivity contribution in [3.63, 3.8) is 0 Å². The molecule has 6 nitrogen and oxygen atoms in total. The summed E-state index contributed by atoms with van der Waals surface area (Å²) < 4.78 is 11.0. The molecule has 2 aromatic carbocycles. The van der Waals surface area contributed by atoms with E-state index in [0.29, 0.717) is 28.4 Å². The first kappa shape index (κ1) is 17.3. The van der Waals surface area contributed by atoms with Gasteiger partial charge in [0, 0.05) is 22.8 Å². The highest BCUT2D eigenvalue weighted by Crippen LogP contribution is 2.40. The quantitative estimate of drug-likeness (QED) is 0.536. The number of phenolic OH excluding ortho intramolecular Hbond substituents is 1. The molecule has 6 heteroatoms. The fourth-order valence-electron chi connectivity index (χ4n) is 3.58. The number of rotatable bonds is 4. The molecule has 29 heavy (non-hydrogen) atoms. The zero-order chi connectivity index (χ0) is 19.8. The molecule has 0 amide bonds. The van der Waals surface area contributed by atoms with Crippen LogP contribution in [0.2, 0.25) is 0 Å². The van der Waals surface area contributed by atoms with Crippen LogP contribution in [-0.2, 0) is 0 Å². The third-order valence-corrected chi connectivity index (χ3v) is 5.00. The Labute approximate surface area is 167 Å². The molecular weight excluding hydrogens is 366 g/mol. The number of hydrogen-bond donors (Lipinski definition) is 2. The highest BCUT2D eigenvalue weighted by atomic mass is 16.7. The molecule has 1 aliphatic rings. The minimum absolute atomic E-state index is 0.144. The van der Waals surface area contributed by atoms with E-state index in [1.54, 1.807) is 6.20 Å². The highest BCUT2D eigenvalue weighted by molar-refractivity contribution is 5.86. The van der Waals surface area contributed by atoms with Crippen LogP contribution < -0.4 is 14.8 Å². The Morgan fingerprint density at radius 3 is 2.79 bits per heavy atom. The lowest BCUT2D eigenvalue weighted by Crippen LogP contribution is -2.14. The van der Waals surface area contributed by atoms with Crippen LogP contribution in [0.15, 0.2) is 66.9 Å². The summed E-state index contributed by atoms with van der Waals surface area (Å²) >= 11 is 0. The van der Waals surface area contributed by atoms with Crippen LogP contribution in [0.1, 0.15) is 22.9 Å². The second-order valence-electron chi connectivity index (χ2n) is 6.93. The Morgan fingerprint density at radius 1 is 1.00 bits per heavy atom. The number of anilines is 1. The Balaban J connectivity index is 1.65. The molecule has 1 atom stereocenters. The molecule has 1 aliphatic heterocycles. The van der Waals surface area contributed by atoms with Gasteiger partial charge in [0.1, 0.15) is 17.1 Å². The van der Waals surface area contributed by atoms with Gasteiger partial charge >= 0.3 is 0 Å². The van der Waals surface area contributed by atoms with Crippen LogP contribution >= 0.6 is 0 Å². The van der Waals surface area contributed by atoms with E-state index < -0.39 is 0 Å². The van der Waals surface area contributed by atoms with E-state index in [-0.39, 0.29) is 18.6 Å². The summed E-state index contributed by atoms with van der Waals surface area (Å²) in [6, 6.07) is 18.9. The van der Waals surface area contributed by atoms with Gasteiger partial charge in [-0.15, -0.1) is 0 Å². The van der Waals surface area contributed by atoms with E-state index in [2.05, 4.69) is 15.3 Å². The first-order valence-corrected chi connectivity index (χ1v) is 9.35. The lowest BCUT2D eigenvalue weighted by atomic mass is 9.96. The number of nitrogens with zero attached hydrogens (tertiary/aromatic N) is 2. The summed E-state index contributed by atoms with van der Waals surface area (Å²) in [5.74, 6) is 2.26. The number of nitrogens with one attached hydrogen (secondary N) is 1. The molecule has 0 spiro atoms. The summed E-state index contributed by atoms with van der Waals surface area (Å²) in [6.07, 6.45) is 1.68. The molecule has 144 valence electrons. The smallest absolute Gasteiger partial charge is 0.231 e. The van der Waals surface area contributed by atoms with Gasteiger partial charge in [-0.2, -0.15) is 0 Å². The number of hydrogen-bond acceptors (Lipinski definition) is 6. The molecule has 2 aromatic heterocycles. The second-order valence-corrected chi connectivity index (χ2v) is 6.93. The van der Waals surface area contributed by atoms with E-state index in [1.165, 1.54) is 0 Å². The summed E-state index contributed by atoms with van der Waals surface area (Å²) in [5.41, 5.74) is 3.10. The third-order valence-electron chi connectivity index (χ3n) is 5.00. The van der Waals surface area contributed by atoms with Crippen molar-refractivity contribution in [2.24, 2.45) is 0 Å². The third kappa shape index (κ3) is 3.18. The maximum atomic E-state index is 11.0. The maximum absolute atomic E-state index is 11.0. The number of fused-ring (bicyclic) bond motifs is 2. The molecule has 3 heterocycles. The Bertz CT molecular complexity index is 1210. The van der Waals surface area contributed by atoms with Crippen LogP contribution in [0, 0.1) is 6.92 Å². The molecule has 0 saturated carbocycles. The first-order valence-electron chi connectivity index (χ1n) is 9.35. The molecule has 2 N–H and O–H groups in total. The zero-order valence-electron chi connectivity index (χ0n) is 15.8. The van der Waals surface area contributed by atoms with Crippen molar-refractivity contribution in [3.8, 4) is 17.2 Å². The summed E-state index contributed by atoms with van der Waals surface area (Å²) in [7, 11) is 0. The Kier molecular flexibility index (Phi) is 4.17. The van der Waals surface area contributed by atoms with Gasteiger partial charge in [0.2, 0.25) is 6.79 Å². The van der Waals surface area contributed by atoms with Crippen molar-refractivity contribution < 1.29 is 14.6 Å². The van der Waals surface area contributed by atoms with Crippen LogP contribution in [0.25, 0.3) is 10.9 Å². The number of ether oxygens (including phenoxy) is 2. The zero-order valence-corrected chi connectivity index (χ0v) is 15.8. The average Bonchev–Trinajstić information content (AvgIpc) is 3.21. The van der Waals surface area contributed by atoms with Crippen molar-refractivity contribution in [1.82, 2.24) is 9.97 Å². The van der Waals surface area contributed by atoms with E-state index in [4.69, 9.17) is 9.47 Å². The molecular formula is C23H19N3O3. The van der Waals surface area contributed by atoms with Gasteiger partial charge in [-0.25, -0.2) is 4.98 Å². The van der Waals surface area contributed by atoms with Gasteiger partial charge in [-0.1, -0.05) is 30.3 Å². The highest BCUT2D eigenvalue weighted by Gasteiger charge is 2.23. The van der Waals surface area contributed by atoms with Crippen molar-refractivity contribution >= 4 is 16.7 Å². The second kappa shape index (κ2) is 6.98. The molecule has 0 aliphatic carbocycles. The lowest BCUT2D eigenvalue weighted by Gasteiger charge is -2.22. The molecule has 4 aromatic rings. The van der Waals surface area contributed by atoms with Crippen LogP contribution in [-0.4, -0.2) is 21.9 Å². The van der Waals surface area contributed by atoms with Crippen molar-refractivity contribution in [1.29, 1.82) is 0 Å². The Hall–Kier alpha value is -3.80. The molecule has 5 rings (SSSR count). The van der Waals surface area contributed by atoms with Crippen LogP contribution in [0.3, 0.4) is 0 Å². The minimum Gasteiger partial charge on any atom is -0.505 e. The normalized spacial score (nSPS) is 13.4. The predicted molar refractivity (Wildman–Crippen MR) is 110 cm³/mol. The average molecular weight is 385 g/mol. The van der Waals surface area contributed by atoms with E-state index in [0.717, 1.165) is 16.6 Å². The van der Waals surface area contributed by atoms with Gasteiger partial charge in [-0.3, -0.25) is 4.98 Å². The van der Waals surface area contributed by atoms with Crippen molar-refractivity contribution in [2.75, 3.05) is 12.1 Å². The summed E-state index contributed by atoms with van der Waals surface area (Å²) in [5, 5.41) is 15.4. The Morgan fingerprint density at radius 2 is 1.90 bits per heavy atom. The van der Waals surface area contributed by atoms with E-state index in [1.807, 2.05) is 67.6 Å². The first-order chi connectivity index (χ1) is 14.2. The van der Waals surface area contributed by atoms with Gasteiger partial charge < -0.3 is 19.9 Å². The predicted octanol–water partition coefficient (Wildman–Crippen LogP) is 4.57. The van der Waals surface area contributed by atoms with Gasteiger partial charge in [0.15, 0.2) is 11.5 Å². The standard InChI is InChI=1S/C23H19N3O3/c1-14-4-2-6-20(25-14)26-21(16-8-10-18-19(12-16)29-13-28-18)17-9-7-15-5-3-11-24-22(15)23(17)27/h2-12,21,27H,13H2,1H3,(H,25,26)/t21-/m1/s1. The van der Waals surface area contributed by atoms with E-state index in [9.17, 15) is 5.11 Å². The van der Waals surface area contributed by atoms with Crippen molar-refractivity contribution in [3.05, 3.63) is 83.7 Å². The lowest BCUT2D eigenvalue weighted by molar-refractivity contribution is 0.174. The number of benzene rings is 2. The van der Waals surface area contributed by atoms with E-state index >= 15 is 0 Å². The van der Waals surface area contributed by atoms with Crippen molar-refractivity contribution in [2.45, 2.75) is 13.0 Å². The fourth-order valence-corrected chi connectivity index (χ4v) is 3.58. The number of pyridine rings is 2. The number of aryl methyl sites for hydroxylation is 1. The van der Waals surface area contributed by atoms with Gasteiger partial charge in [-0.05, 0) is 42.8 Å². The SMILES string of the molecule is Cc1cccc(N[C@H](c2ccc3c(c2)OCO3)c2ccc3cccnc3c2O)n1. The van der Waals surface area contributed by atoms with Gasteiger partial charge in [0.25, 0.3) is 0 Å². The molecule has 0 unspecified atom stereocenters. The number of phenols is 1. The molecule has 0 fully saturated rings. The van der Waals surface area contributed by atoms with Crippen LogP contribution in [0.4, 0.5) is 5.82 Å². The monoisotopic (exact) mass is 385 g/mol. The summed E-state index contributed by atoms with van der Waals surface area (Å²) in [6.45, 7) is 2.15. The molecule has 0 bridgehead atoms. The maximum Gasteiger partial charge on any atom is 0.231 e. The largest absolute Gasteiger partial charge is 0.505 e. The minimum atomic E-state index is -0.356.